The van der Waals surface area contributed by atoms with Crippen LogP contribution in [-0.4, -0.2) is 42.6 Å². The molecule has 33 heavy (non-hydrogen) atoms. The van der Waals surface area contributed by atoms with Gasteiger partial charge < -0.3 is 10.6 Å². The standard InChI is InChI=1S/C23H30N6O4/c1-13(2)24-20(31)15-9-10-17-18(11-15)29-22(28(14(3)4)21(17)32)26-27(23(29)33)12-19(30)25-16-7-5-6-8-16/h9-11,13-14,16H,5-8,12H2,1-4H3,(H,24,31)(H,25,30). The molecule has 1 aliphatic rings. The first-order chi connectivity index (χ1) is 15.7. The lowest BCUT2D eigenvalue weighted by molar-refractivity contribution is -0.122. The van der Waals surface area contributed by atoms with Gasteiger partial charge in [-0.15, -0.1) is 5.10 Å². The van der Waals surface area contributed by atoms with Gasteiger partial charge in [-0.3, -0.25) is 19.0 Å². The van der Waals surface area contributed by atoms with E-state index < -0.39 is 5.69 Å². The van der Waals surface area contributed by atoms with Gasteiger partial charge in [-0.25, -0.2) is 13.9 Å². The van der Waals surface area contributed by atoms with Gasteiger partial charge in [-0.2, -0.15) is 0 Å². The van der Waals surface area contributed by atoms with Crippen molar-refractivity contribution in [1.82, 2.24) is 29.4 Å². The zero-order valence-corrected chi connectivity index (χ0v) is 19.4. The molecule has 2 N–H and O–H groups in total. The second-order valence-electron chi connectivity index (χ2n) is 9.25. The number of hydrogen-bond acceptors (Lipinski definition) is 5. The number of fused-ring (bicyclic) bond motifs is 3. The van der Waals surface area contributed by atoms with E-state index in [2.05, 4.69) is 15.7 Å². The Kier molecular flexibility index (Phi) is 6.09. The van der Waals surface area contributed by atoms with Crippen molar-refractivity contribution in [1.29, 1.82) is 0 Å². The number of carbonyl (C=O) groups is 2. The summed E-state index contributed by atoms with van der Waals surface area (Å²) in [5, 5.41) is 10.4. The fourth-order valence-electron chi connectivity index (χ4n) is 4.42. The average Bonchev–Trinajstić information content (AvgIpc) is 3.35. The molecule has 0 saturated heterocycles. The Morgan fingerprint density at radius 2 is 1.82 bits per heavy atom. The van der Waals surface area contributed by atoms with E-state index in [0.717, 1.165) is 30.4 Å². The lowest BCUT2D eigenvalue weighted by atomic mass is 10.1. The number of hydrogen-bond donors (Lipinski definition) is 2. The monoisotopic (exact) mass is 454 g/mol. The SMILES string of the molecule is CC(C)NC(=O)c1ccc2c(=O)n(C(C)C)c3nn(CC(=O)NC4CCCC4)c(=O)n3c2c1. The minimum atomic E-state index is -0.535. The fraction of sp³-hybridized carbons (Fsp3) is 0.522. The van der Waals surface area contributed by atoms with E-state index in [-0.39, 0.29) is 53.3 Å². The van der Waals surface area contributed by atoms with Crippen LogP contribution in [0.4, 0.5) is 0 Å². The molecule has 0 bridgehead atoms. The Morgan fingerprint density at radius 1 is 1.12 bits per heavy atom. The van der Waals surface area contributed by atoms with Crippen LogP contribution in [0.2, 0.25) is 0 Å². The Bertz CT molecular complexity index is 1340. The molecule has 0 spiro atoms. The largest absolute Gasteiger partial charge is 0.352 e. The third kappa shape index (κ3) is 4.29. The van der Waals surface area contributed by atoms with Gasteiger partial charge >= 0.3 is 5.69 Å². The highest BCUT2D eigenvalue weighted by atomic mass is 16.2. The van der Waals surface area contributed by atoms with Crippen LogP contribution in [-0.2, 0) is 11.3 Å². The number of benzene rings is 1. The number of carbonyl (C=O) groups excluding carboxylic acids is 2. The third-order valence-corrected chi connectivity index (χ3v) is 5.94. The predicted octanol–water partition coefficient (Wildman–Crippen LogP) is 1.59. The number of nitrogens with one attached hydrogen (secondary N) is 2. The lowest BCUT2D eigenvalue weighted by Gasteiger charge is -2.13. The van der Waals surface area contributed by atoms with E-state index in [4.69, 9.17) is 0 Å². The fourth-order valence-corrected chi connectivity index (χ4v) is 4.42. The molecule has 3 aromatic rings. The molecule has 10 heteroatoms. The summed E-state index contributed by atoms with van der Waals surface area (Å²) in [5.74, 6) is -0.445. The highest BCUT2D eigenvalue weighted by molar-refractivity contribution is 5.98. The van der Waals surface area contributed by atoms with Gasteiger partial charge in [0, 0.05) is 23.7 Å². The number of rotatable bonds is 6. The van der Waals surface area contributed by atoms with Crippen LogP contribution in [0, 0.1) is 0 Å². The van der Waals surface area contributed by atoms with Gasteiger partial charge in [0.05, 0.1) is 10.9 Å². The van der Waals surface area contributed by atoms with E-state index in [1.165, 1.54) is 15.0 Å². The number of amides is 2. The van der Waals surface area contributed by atoms with Crippen molar-refractivity contribution >= 4 is 28.5 Å². The zero-order chi connectivity index (χ0) is 23.9. The molecule has 176 valence electrons. The van der Waals surface area contributed by atoms with E-state index in [1.807, 2.05) is 27.7 Å². The van der Waals surface area contributed by atoms with Crippen LogP contribution in [0.3, 0.4) is 0 Å². The lowest BCUT2D eigenvalue weighted by Crippen LogP contribution is -2.37. The molecule has 0 radical (unpaired) electrons. The van der Waals surface area contributed by atoms with Crippen LogP contribution in [0.1, 0.15) is 69.8 Å². The normalized spacial score (nSPS) is 14.6. The maximum absolute atomic E-state index is 13.3. The molecular formula is C23H30N6O4. The van der Waals surface area contributed by atoms with Crippen LogP contribution in [0.25, 0.3) is 16.7 Å². The molecule has 1 aromatic carbocycles. The molecule has 10 nitrogen and oxygen atoms in total. The Hall–Kier alpha value is -3.43. The smallest absolute Gasteiger partial charge is 0.352 e. The summed E-state index contributed by atoms with van der Waals surface area (Å²) in [6.45, 7) is 7.12. The van der Waals surface area contributed by atoms with Crippen molar-refractivity contribution in [3.8, 4) is 0 Å². The van der Waals surface area contributed by atoms with Gasteiger partial charge in [0.25, 0.3) is 11.5 Å². The van der Waals surface area contributed by atoms with Gasteiger partial charge in [0.1, 0.15) is 6.54 Å². The van der Waals surface area contributed by atoms with E-state index in [9.17, 15) is 19.2 Å². The van der Waals surface area contributed by atoms with Crippen LogP contribution >= 0.6 is 0 Å². The van der Waals surface area contributed by atoms with Gasteiger partial charge in [0.2, 0.25) is 11.7 Å². The second kappa shape index (κ2) is 8.84. The quantitative estimate of drug-likeness (QED) is 0.586. The molecule has 2 aromatic heterocycles. The molecule has 1 fully saturated rings. The Labute approximate surface area is 190 Å². The summed E-state index contributed by atoms with van der Waals surface area (Å²) in [6.07, 6.45) is 4.03. The van der Waals surface area contributed by atoms with Crippen molar-refractivity contribution in [3.63, 3.8) is 0 Å². The summed E-state index contributed by atoms with van der Waals surface area (Å²) in [6, 6.07) is 4.45. The van der Waals surface area contributed by atoms with E-state index >= 15 is 0 Å². The van der Waals surface area contributed by atoms with Crippen molar-refractivity contribution in [2.24, 2.45) is 0 Å². The molecular weight excluding hydrogens is 424 g/mol. The minimum Gasteiger partial charge on any atom is -0.352 e. The molecule has 2 heterocycles. The van der Waals surface area contributed by atoms with Crippen LogP contribution in [0.15, 0.2) is 27.8 Å². The topological polar surface area (TPSA) is 120 Å². The zero-order valence-electron chi connectivity index (χ0n) is 19.4. The van der Waals surface area contributed by atoms with Crippen molar-refractivity contribution in [2.45, 2.75) is 78.0 Å². The second-order valence-corrected chi connectivity index (χ2v) is 9.25. The highest BCUT2D eigenvalue weighted by Gasteiger charge is 2.22. The Morgan fingerprint density at radius 3 is 2.45 bits per heavy atom. The number of aromatic nitrogens is 4. The molecule has 0 unspecified atom stereocenters. The molecule has 1 saturated carbocycles. The first kappa shape index (κ1) is 22.8. The van der Waals surface area contributed by atoms with Crippen molar-refractivity contribution in [2.75, 3.05) is 0 Å². The predicted molar refractivity (Wildman–Crippen MR) is 125 cm³/mol. The third-order valence-electron chi connectivity index (χ3n) is 5.94. The van der Waals surface area contributed by atoms with Gasteiger partial charge in [-0.05, 0) is 58.7 Å². The van der Waals surface area contributed by atoms with Gasteiger partial charge in [0.15, 0.2) is 0 Å². The summed E-state index contributed by atoms with van der Waals surface area (Å²) >= 11 is 0. The molecule has 0 atom stereocenters. The van der Waals surface area contributed by atoms with Crippen LogP contribution in [0.5, 0.6) is 0 Å². The summed E-state index contributed by atoms with van der Waals surface area (Å²) in [5.41, 5.74) is -0.225. The molecule has 0 aliphatic heterocycles. The van der Waals surface area contributed by atoms with E-state index in [0.29, 0.717) is 10.9 Å². The molecule has 1 aliphatic carbocycles. The maximum atomic E-state index is 13.3. The average molecular weight is 455 g/mol. The molecule has 2 amide bonds. The van der Waals surface area contributed by atoms with Gasteiger partial charge in [-0.1, -0.05) is 12.8 Å². The highest BCUT2D eigenvalue weighted by Crippen LogP contribution is 2.18. The summed E-state index contributed by atoms with van der Waals surface area (Å²) in [7, 11) is 0. The first-order valence-electron chi connectivity index (χ1n) is 11.5. The van der Waals surface area contributed by atoms with Crippen molar-refractivity contribution in [3.05, 3.63) is 44.6 Å². The summed E-state index contributed by atoms with van der Waals surface area (Å²) in [4.78, 5) is 51.7. The number of nitrogens with zero attached hydrogens (tertiary/aromatic N) is 4. The first-order valence-corrected chi connectivity index (χ1v) is 11.5. The van der Waals surface area contributed by atoms with Crippen LogP contribution < -0.4 is 21.9 Å². The molecule has 4 rings (SSSR count). The maximum Gasteiger partial charge on any atom is 0.352 e. The van der Waals surface area contributed by atoms with Crippen molar-refractivity contribution < 1.29 is 9.59 Å². The van der Waals surface area contributed by atoms with E-state index in [1.54, 1.807) is 12.1 Å². The minimum absolute atomic E-state index is 0.0639. The Balaban J connectivity index is 1.86. The summed E-state index contributed by atoms with van der Waals surface area (Å²) < 4.78 is 3.83.